The van der Waals surface area contributed by atoms with Crippen LogP contribution < -0.4 is 11.1 Å². The minimum Gasteiger partial charge on any atom is -0.397 e. The molecule has 4 nitrogen and oxygen atoms in total. The fraction of sp³-hybridized carbons (Fsp3) is 0.545. The van der Waals surface area contributed by atoms with Crippen molar-refractivity contribution in [2.45, 2.75) is 32.7 Å². The van der Waals surface area contributed by atoms with E-state index in [9.17, 15) is 4.79 Å². The van der Waals surface area contributed by atoms with Gasteiger partial charge in [0, 0.05) is 19.3 Å². The van der Waals surface area contributed by atoms with Gasteiger partial charge in [-0.05, 0) is 19.4 Å². The third kappa shape index (κ3) is 3.01. The number of hydrogen-bond donors (Lipinski definition) is 2. The van der Waals surface area contributed by atoms with Crippen LogP contribution in [-0.4, -0.2) is 16.5 Å². The van der Waals surface area contributed by atoms with E-state index in [2.05, 4.69) is 12.2 Å². The predicted octanol–water partition coefficient (Wildman–Crippen LogP) is 1.53. The molecule has 1 aromatic rings. The highest BCUT2D eigenvalue weighted by Crippen LogP contribution is 2.09. The summed E-state index contributed by atoms with van der Waals surface area (Å²) in [5.41, 5.74) is 6.83. The predicted molar refractivity (Wildman–Crippen MR) is 61.7 cm³/mol. The quantitative estimate of drug-likeness (QED) is 0.790. The first-order valence-electron chi connectivity index (χ1n) is 5.27. The van der Waals surface area contributed by atoms with E-state index in [0.717, 1.165) is 12.8 Å². The number of carbonyl (C=O) groups excluding carboxylic acids is 1. The van der Waals surface area contributed by atoms with Crippen molar-refractivity contribution in [1.82, 2.24) is 9.88 Å². The van der Waals surface area contributed by atoms with Crippen LogP contribution in [0.2, 0.25) is 0 Å². The second-order valence-corrected chi connectivity index (χ2v) is 3.93. The highest BCUT2D eigenvalue weighted by Gasteiger charge is 2.12. The molecule has 0 fully saturated rings. The van der Waals surface area contributed by atoms with Crippen LogP contribution in [0, 0.1) is 0 Å². The van der Waals surface area contributed by atoms with E-state index < -0.39 is 0 Å². The summed E-state index contributed by atoms with van der Waals surface area (Å²) in [5, 5.41) is 2.94. The molecule has 1 amide bonds. The van der Waals surface area contributed by atoms with Crippen molar-refractivity contribution in [3.05, 3.63) is 18.0 Å². The molecule has 1 aromatic heterocycles. The third-order valence-corrected chi connectivity index (χ3v) is 2.36. The smallest absolute Gasteiger partial charge is 0.268 e. The average Bonchev–Trinajstić information content (AvgIpc) is 2.45. The van der Waals surface area contributed by atoms with Crippen molar-refractivity contribution in [3.63, 3.8) is 0 Å². The maximum Gasteiger partial charge on any atom is 0.268 e. The fourth-order valence-electron chi connectivity index (χ4n) is 1.62. The van der Waals surface area contributed by atoms with Crippen LogP contribution in [0.3, 0.4) is 0 Å². The van der Waals surface area contributed by atoms with Gasteiger partial charge in [-0.15, -0.1) is 0 Å². The topological polar surface area (TPSA) is 60.1 Å². The third-order valence-electron chi connectivity index (χ3n) is 2.36. The highest BCUT2D eigenvalue weighted by molar-refractivity contribution is 5.93. The average molecular weight is 209 g/mol. The van der Waals surface area contributed by atoms with Gasteiger partial charge in [0.05, 0.1) is 5.69 Å². The lowest BCUT2D eigenvalue weighted by Crippen LogP contribution is -2.33. The van der Waals surface area contributed by atoms with E-state index >= 15 is 0 Å². The Balaban J connectivity index is 2.65. The van der Waals surface area contributed by atoms with Crippen LogP contribution in [0.15, 0.2) is 12.3 Å². The first kappa shape index (κ1) is 11.6. The summed E-state index contributed by atoms with van der Waals surface area (Å²) in [7, 11) is 1.82. The molecule has 0 aliphatic rings. The molecule has 0 saturated carbocycles. The second kappa shape index (κ2) is 4.87. The van der Waals surface area contributed by atoms with Gasteiger partial charge in [-0.2, -0.15) is 0 Å². The Hall–Kier alpha value is -1.45. The van der Waals surface area contributed by atoms with Gasteiger partial charge in [-0.25, -0.2) is 0 Å². The monoisotopic (exact) mass is 209 g/mol. The molecule has 15 heavy (non-hydrogen) atoms. The zero-order valence-corrected chi connectivity index (χ0v) is 9.58. The molecular weight excluding hydrogens is 190 g/mol. The van der Waals surface area contributed by atoms with E-state index in [-0.39, 0.29) is 11.9 Å². The number of nitrogens with one attached hydrogen (secondary N) is 1. The summed E-state index contributed by atoms with van der Waals surface area (Å²) in [6, 6.07) is 1.90. The first-order valence-corrected chi connectivity index (χ1v) is 5.27. The van der Waals surface area contributed by atoms with E-state index in [1.54, 1.807) is 16.8 Å². The zero-order valence-electron chi connectivity index (χ0n) is 9.58. The molecule has 0 spiro atoms. The molecule has 1 heterocycles. The van der Waals surface area contributed by atoms with Crippen LogP contribution in [0.25, 0.3) is 0 Å². The van der Waals surface area contributed by atoms with Gasteiger partial charge < -0.3 is 15.6 Å². The van der Waals surface area contributed by atoms with Crippen LogP contribution in [0.4, 0.5) is 5.69 Å². The molecule has 0 radical (unpaired) electrons. The van der Waals surface area contributed by atoms with Gasteiger partial charge in [0.25, 0.3) is 5.91 Å². The van der Waals surface area contributed by atoms with Crippen molar-refractivity contribution in [3.8, 4) is 0 Å². The number of carbonyl (C=O) groups is 1. The molecule has 1 rings (SSSR count). The van der Waals surface area contributed by atoms with Gasteiger partial charge in [-0.1, -0.05) is 13.3 Å². The van der Waals surface area contributed by atoms with Gasteiger partial charge in [-0.3, -0.25) is 4.79 Å². The summed E-state index contributed by atoms with van der Waals surface area (Å²) >= 11 is 0. The SMILES string of the molecule is CCCC(C)NC(=O)c1cc(N)cn1C. The molecule has 1 unspecified atom stereocenters. The summed E-state index contributed by atoms with van der Waals surface area (Å²) in [5.74, 6) is -0.0600. The Morgan fingerprint density at radius 1 is 1.67 bits per heavy atom. The Morgan fingerprint density at radius 3 is 2.80 bits per heavy atom. The van der Waals surface area contributed by atoms with Gasteiger partial charge in [0.1, 0.15) is 5.69 Å². The molecule has 3 N–H and O–H groups in total. The number of aromatic nitrogens is 1. The standard InChI is InChI=1S/C11H19N3O/c1-4-5-8(2)13-11(15)10-6-9(12)7-14(10)3/h6-8H,4-5,12H2,1-3H3,(H,13,15). The number of nitrogens with two attached hydrogens (primary N) is 1. The van der Waals surface area contributed by atoms with Crippen LogP contribution in [-0.2, 0) is 7.05 Å². The lowest BCUT2D eigenvalue weighted by molar-refractivity contribution is 0.0930. The van der Waals surface area contributed by atoms with E-state index in [0.29, 0.717) is 11.4 Å². The minimum absolute atomic E-state index is 0.0600. The van der Waals surface area contributed by atoms with Crippen molar-refractivity contribution >= 4 is 11.6 Å². The van der Waals surface area contributed by atoms with Crippen molar-refractivity contribution in [1.29, 1.82) is 0 Å². The molecule has 0 aliphatic heterocycles. The molecule has 84 valence electrons. The highest BCUT2D eigenvalue weighted by atomic mass is 16.2. The second-order valence-electron chi connectivity index (χ2n) is 3.93. The largest absolute Gasteiger partial charge is 0.397 e. The van der Waals surface area contributed by atoms with Gasteiger partial charge in [0.15, 0.2) is 0 Å². The Bertz CT molecular complexity index is 344. The minimum atomic E-state index is -0.0600. The first-order chi connectivity index (χ1) is 7.04. The molecule has 0 bridgehead atoms. The van der Waals surface area contributed by atoms with Crippen molar-refractivity contribution in [2.75, 3.05) is 5.73 Å². The molecule has 1 atom stereocenters. The summed E-state index contributed by atoms with van der Waals surface area (Å²) in [4.78, 5) is 11.8. The molecule has 4 heteroatoms. The molecule has 0 saturated heterocycles. The van der Waals surface area contributed by atoms with E-state index in [1.807, 2.05) is 14.0 Å². The zero-order chi connectivity index (χ0) is 11.4. The normalized spacial score (nSPS) is 12.5. The Morgan fingerprint density at radius 2 is 2.33 bits per heavy atom. The summed E-state index contributed by atoms with van der Waals surface area (Å²) in [6.07, 6.45) is 3.79. The maximum absolute atomic E-state index is 11.8. The number of rotatable bonds is 4. The Kier molecular flexibility index (Phi) is 3.77. The van der Waals surface area contributed by atoms with E-state index in [4.69, 9.17) is 5.73 Å². The molecule has 0 aliphatic carbocycles. The van der Waals surface area contributed by atoms with Crippen LogP contribution in [0.1, 0.15) is 37.2 Å². The van der Waals surface area contributed by atoms with Crippen molar-refractivity contribution < 1.29 is 4.79 Å². The lowest BCUT2D eigenvalue weighted by atomic mass is 10.2. The Labute approximate surface area is 90.5 Å². The summed E-state index contributed by atoms with van der Waals surface area (Å²) in [6.45, 7) is 4.11. The molecule has 0 aromatic carbocycles. The van der Waals surface area contributed by atoms with Crippen LogP contribution in [0.5, 0.6) is 0 Å². The van der Waals surface area contributed by atoms with Gasteiger partial charge >= 0.3 is 0 Å². The number of nitrogens with zero attached hydrogens (tertiary/aromatic N) is 1. The van der Waals surface area contributed by atoms with Crippen LogP contribution >= 0.6 is 0 Å². The van der Waals surface area contributed by atoms with Gasteiger partial charge in [0.2, 0.25) is 0 Å². The van der Waals surface area contributed by atoms with Crippen molar-refractivity contribution in [2.24, 2.45) is 7.05 Å². The fourth-order valence-corrected chi connectivity index (χ4v) is 1.62. The number of nitrogen functional groups attached to an aromatic ring is 1. The maximum atomic E-state index is 11.8. The number of hydrogen-bond acceptors (Lipinski definition) is 2. The molecular formula is C11H19N3O. The summed E-state index contributed by atoms with van der Waals surface area (Å²) < 4.78 is 1.74. The number of aryl methyl sites for hydroxylation is 1. The van der Waals surface area contributed by atoms with E-state index in [1.165, 1.54) is 0 Å². The lowest BCUT2D eigenvalue weighted by Gasteiger charge is -2.12. The number of amides is 1. The number of anilines is 1.